The van der Waals surface area contributed by atoms with Crippen molar-refractivity contribution in [3.63, 3.8) is 0 Å². The Balaban J connectivity index is 1.84. The maximum atomic E-state index is 13.6. The smallest absolute Gasteiger partial charge is 0.256 e. The molecule has 118 valence electrons. The van der Waals surface area contributed by atoms with Gasteiger partial charge in [0.15, 0.2) is 0 Å². The third-order valence-corrected chi connectivity index (χ3v) is 3.67. The zero-order chi connectivity index (χ0) is 16.1. The molecule has 0 fully saturated rings. The molecule has 0 unspecified atom stereocenters. The van der Waals surface area contributed by atoms with Gasteiger partial charge < -0.3 is 15.7 Å². The number of hydrogen-bond donors (Lipinski definition) is 3. The maximum absolute atomic E-state index is 13.6. The highest BCUT2D eigenvalue weighted by molar-refractivity contribution is 6.33. The van der Waals surface area contributed by atoms with Gasteiger partial charge in [0, 0.05) is 18.6 Å². The first kappa shape index (κ1) is 16.5. The van der Waals surface area contributed by atoms with Crippen LogP contribution in [0.1, 0.15) is 16.8 Å². The summed E-state index contributed by atoms with van der Waals surface area (Å²) in [5.74, 6) is -1.84. The predicted octanol–water partition coefficient (Wildman–Crippen LogP) is 1.26. The molecule has 0 radical (unpaired) electrons. The quantitative estimate of drug-likeness (QED) is 0.713. The third-order valence-electron chi connectivity index (χ3n) is 3.35. The van der Waals surface area contributed by atoms with Crippen molar-refractivity contribution in [1.82, 2.24) is 10.6 Å². The molecule has 2 atom stereocenters. The van der Waals surface area contributed by atoms with E-state index in [1.165, 1.54) is 12.1 Å². The van der Waals surface area contributed by atoms with Crippen molar-refractivity contribution in [2.45, 2.75) is 12.5 Å². The fourth-order valence-electron chi connectivity index (χ4n) is 2.24. The first-order valence-electron chi connectivity index (χ1n) is 6.82. The van der Waals surface area contributed by atoms with Gasteiger partial charge in [0.2, 0.25) is 5.91 Å². The lowest BCUT2D eigenvalue weighted by atomic mass is 10.1. The molecular formula is C15H16ClFN2O3. The Labute approximate surface area is 132 Å². The van der Waals surface area contributed by atoms with Crippen LogP contribution in [0.2, 0.25) is 5.02 Å². The minimum atomic E-state index is -0.742. The highest BCUT2D eigenvalue weighted by Crippen LogP contribution is 2.19. The van der Waals surface area contributed by atoms with Gasteiger partial charge in [0.05, 0.1) is 17.1 Å². The summed E-state index contributed by atoms with van der Waals surface area (Å²) in [6.07, 6.45) is 4.26. The van der Waals surface area contributed by atoms with E-state index in [1.54, 1.807) is 6.08 Å². The van der Waals surface area contributed by atoms with Gasteiger partial charge >= 0.3 is 0 Å². The van der Waals surface area contributed by atoms with Gasteiger partial charge in [-0.15, -0.1) is 0 Å². The minimum Gasteiger partial charge on any atom is -0.396 e. The number of rotatable bonds is 5. The molecule has 2 rings (SSSR count). The summed E-state index contributed by atoms with van der Waals surface area (Å²) < 4.78 is 13.6. The Kier molecular flexibility index (Phi) is 5.51. The number of aliphatic hydroxyl groups excluding tert-OH is 1. The van der Waals surface area contributed by atoms with Crippen LogP contribution in [-0.2, 0) is 4.79 Å². The molecule has 0 saturated heterocycles. The summed E-state index contributed by atoms with van der Waals surface area (Å²) in [5.41, 5.74) is -0.280. The Morgan fingerprint density at radius 2 is 2.14 bits per heavy atom. The lowest BCUT2D eigenvalue weighted by Gasteiger charge is -2.13. The molecule has 0 saturated carbocycles. The van der Waals surface area contributed by atoms with Gasteiger partial charge in [-0.25, -0.2) is 4.39 Å². The molecule has 7 heteroatoms. The van der Waals surface area contributed by atoms with Crippen LogP contribution in [-0.4, -0.2) is 36.1 Å². The SMILES string of the molecule is O=C(CNC(=O)c1c(F)cccc1Cl)N[C@@H]1C=C[C@H](CO)C1. The number of carbonyl (C=O) groups excluding carboxylic acids is 2. The minimum absolute atomic E-state index is 0.0116. The summed E-state index contributed by atoms with van der Waals surface area (Å²) in [6, 6.07) is 3.75. The second-order valence-electron chi connectivity index (χ2n) is 5.02. The topological polar surface area (TPSA) is 78.4 Å². The molecule has 22 heavy (non-hydrogen) atoms. The monoisotopic (exact) mass is 326 g/mol. The molecule has 0 spiro atoms. The molecular weight excluding hydrogens is 311 g/mol. The van der Waals surface area contributed by atoms with Gasteiger partial charge in [0.1, 0.15) is 5.82 Å². The van der Waals surface area contributed by atoms with Gasteiger partial charge in [-0.1, -0.05) is 29.8 Å². The van der Waals surface area contributed by atoms with Crippen LogP contribution in [0.5, 0.6) is 0 Å². The Morgan fingerprint density at radius 1 is 1.36 bits per heavy atom. The summed E-state index contributed by atoms with van der Waals surface area (Å²) >= 11 is 5.78. The highest BCUT2D eigenvalue weighted by Gasteiger charge is 2.21. The van der Waals surface area contributed by atoms with Gasteiger partial charge in [-0.3, -0.25) is 9.59 Å². The van der Waals surface area contributed by atoms with E-state index in [4.69, 9.17) is 16.7 Å². The molecule has 1 aromatic rings. The molecule has 0 heterocycles. The van der Waals surface area contributed by atoms with Crippen molar-refractivity contribution in [2.24, 2.45) is 5.92 Å². The van der Waals surface area contributed by atoms with E-state index in [1.807, 2.05) is 6.08 Å². The Morgan fingerprint density at radius 3 is 2.77 bits per heavy atom. The van der Waals surface area contributed by atoms with E-state index < -0.39 is 17.6 Å². The van der Waals surface area contributed by atoms with E-state index in [-0.39, 0.29) is 35.7 Å². The Hall–Kier alpha value is -1.92. The lowest BCUT2D eigenvalue weighted by Crippen LogP contribution is -2.41. The maximum Gasteiger partial charge on any atom is 0.256 e. The molecule has 1 aliphatic rings. The van der Waals surface area contributed by atoms with Crippen LogP contribution in [0.25, 0.3) is 0 Å². The molecule has 2 amide bonds. The third kappa shape index (κ3) is 4.05. The number of benzene rings is 1. The van der Waals surface area contributed by atoms with Crippen molar-refractivity contribution in [2.75, 3.05) is 13.2 Å². The van der Waals surface area contributed by atoms with Gasteiger partial charge in [-0.2, -0.15) is 0 Å². The molecule has 5 nitrogen and oxygen atoms in total. The summed E-state index contributed by atoms with van der Waals surface area (Å²) in [7, 11) is 0. The number of hydrogen-bond acceptors (Lipinski definition) is 3. The van der Waals surface area contributed by atoms with Crippen LogP contribution in [0.3, 0.4) is 0 Å². The summed E-state index contributed by atoms with van der Waals surface area (Å²) in [5, 5.41) is 14.0. The molecule has 0 aromatic heterocycles. The first-order valence-corrected chi connectivity index (χ1v) is 7.19. The molecule has 0 aliphatic heterocycles. The first-order chi connectivity index (χ1) is 10.5. The average Bonchev–Trinajstić information content (AvgIpc) is 2.92. The zero-order valence-electron chi connectivity index (χ0n) is 11.7. The number of amides is 2. The van der Waals surface area contributed by atoms with Gasteiger partial charge in [-0.05, 0) is 18.6 Å². The normalized spacial score (nSPS) is 20.0. The van der Waals surface area contributed by atoms with Crippen LogP contribution < -0.4 is 10.6 Å². The van der Waals surface area contributed by atoms with Crippen LogP contribution in [0.4, 0.5) is 4.39 Å². The fraction of sp³-hybridized carbons (Fsp3) is 0.333. The fourth-order valence-corrected chi connectivity index (χ4v) is 2.49. The second kappa shape index (κ2) is 7.38. The van der Waals surface area contributed by atoms with Crippen LogP contribution >= 0.6 is 11.6 Å². The molecule has 3 N–H and O–H groups in total. The van der Waals surface area contributed by atoms with E-state index in [0.717, 1.165) is 6.07 Å². The van der Waals surface area contributed by atoms with Crippen molar-refractivity contribution in [3.8, 4) is 0 Å². The lowest BCUT2D eigenvalue weighted by molar-refractivity contribution is -0.120. The van der Waals surface area contributed by atoms with Crippen molar-refractivity contribution < 1.29 is 19.1 Å². The zero-order valence-corrected chi connectivity index (χ0v) is 12.4. The standard InChI is InChI=1S/C15H16ClFN2O3/c16-11-2-1-3-12(17)14(11)15(22)18-7-13(21)19-10-5-4-9(6-10)8-20/h1-5,9-10,20H,6-8H2,(H,18,22)(H,19,21)/t9-,10+/m0/s1. The van der Waals surface area contributed by atoms with Crippen LogP contribution in [0, 0.1) is 11.7 Å². The van der Waals surface area contributed by atoms with E-state index in [2.05, 4.69) is 10.6 Å². The highest BCUT2D eigenvalue weighted by atomic mass is 35.5. The Bertz CT molecular complexity index is 586. The second-order valence-corrected chi connectivity index (χ2v) is 5.42. The predicted molar refractivity (Wildman–Crippen MR) is 80.0 cm³/mol. The van der Waals surface area contributed by atoms with Crippen LogP contribution in [0.15, 0.2) is 30.4 Å². The summed E-state index contributed by atoms with van der Waals surface area (Å²) in [6.45, 7) is -0.247. The van der Waals surface area contributed by atoms with E-state index in [9.17, 15) is 14.0 Å². The number of aliphatic hydroxyl groups is 1. The largest absolute Gasteiger partial charge is 0.396 e. The van der Waals surface area contributed by atoms with E-state index in [0.29, 0.717) is 6.42 Å². The average molecular weight is 327 g/mol. The summed E-state index contributed by atoms with van der Waals surface area (Å²) in [4.78, 5) is 23.6. The number of carbonyl (C=O) groups is 2. The number of halogens is 2. The van der Waals surface area contributed by atoms with E-state index >= 15 is 0 Å². The van der Waals surface area contributed by atoms with Crippen molar-refractivity contribution in [1.29, 1.82) is 0 Å². The number of nitrogens with one attached hydrogen (secondary N) is 2. The van der Waals surface area contributed by atoms with Crippen molar-refractivity contribution in [3.05, 3.63) is 46.8 Å². The van der Waals surface area contributed by atoms with Crippen molar-refractivity contribution >= 4 is 23.4 Å². The molecule has 1 aromatic carbocycles. The molecule has 0 bridgehead atoms. The van der Waals surface area contributed by atoms with Gasteiger partial charge in [0.25, 0.3) is 5.91 Å². The molecule has 1 aliphatic carbocycles.